The summed E-state index contributed by atoms with van der Waals surface area (Å²) in [6.45, 7) is 0.726. The summed E-state index contributed by atoms with van der Waals surface area (Å²) >= 11 is 0. The lowest BCUT2D eigenvalue weighted by Crippen LogP contribution is -2.34. The molecule has 0 radical (unpaired) electrons. The predicted molar refractivity (Wildman–Crippen MR) is 86.6 cm³/mol. The molecule has 0 saturated heterocycles. The second kappa shape index (κ2) is 8.55. The van der Waals surface area contributed by atoms with E-state index in [1.165, 1.54) is 0 Å². The first-order valence-corrected chi connectivity index (χ1v) is 7.51. The topological polar surface area (TPSA) is 41.1 Å². The highest BCUT2D eigenvalue weighted by molar-refractivity contribution is 5.92. The number of hydrogen-bond acceptors (Lipinski definition) is 2. The number of carbonyl (C=O) groups is 1. The number of hydrogen-bond donors (Lipinski definition) is 2. The number of benzene rings is 1. The van der Waals surface area contributed by atoms with Crippen LogP contribution in [-0.2, 0) is 11.3 Å². The standard InChI is InChI=1S/C16H21F3N2O.ClH/c1-20-10-11-5-7-14(8-6-11)21-15(22)12-3-2-4-13(9-12)16(17,18)19;/h5-8,12-13,20H,2-4,9-10H2,1H3,(H,21,22);1H. The molecule has 0 spiro atoms. The van der Waals surface area contributed by atoms with Crippen molar-refractivity contribution in [2.75, 3.05) is 12.4 Å². The summed E-state index contributed by atoms with van der Waals surface area (Å²) in [7, 11) is 1.84. The first kappa shape index (κ1) is 19.8. The molecule has 3 nitrogen and oxygen atoms in total. The van der Waals surface area contributed by atoms with Crippen molar-refractivity contribution in [3.63, 3.8) is 0 Å². The maximum absolute atomic E-state index is 12.8. The van der Waals surface area contributed by atoms with E-state index in [2.05, 4.69) is 10.6 Å². The third-order valence-electron chi connectivity index (χ3n) is 4.11. The molecule has 1 amide bonds. The van der Waals surface area contributed by atoms with Crippen LogP contribution in [0.15, 0.2) is 24.3 Å². The smallest absolute Gasteiger partial charge is 0.326 e. The quantitative estimate of drug-likeness (QED) is 0.857. The Hall–Kier alpha value is -1.27. The fraction of sp³-hybridized carbons (Fsp3) is 0.562. The van der Waals surface area contributed by atoms with Crippen LogP contribution in [0.3, 0.4) is 0 Å². The fourth-order valence-electron chi connectivity index (χ4n) is 2.88. The van der Waals surface area contributed by atoms with E-state index >= 15 is 0 Å². The second-order valence-electron chi connectivity index (χ2n) is 5.82. The van der Waals surface area contributed by atoms with Gasteiger partial charge in [0.05, 0.1) is 5.92 Å². The molecule has 1 aliphatic rings. The summed E-state index contributed by atoms with van der Waals surface area (Å²) in [4.78, 5) is 12.2. The lowest BCUT2D eigenvalue weighted by molar-refractivity contribution is -0.185. The van der Waals surface area contributed by atoms with Crippen LogP contribution in [-0.4, -0.2) is 19.1 Å². The van der Waals surface area contributed by atoms with Gasteiger partial charge in [-0.25, -0.2) is 0 Å². The summed E-state index contributed by atoms with van der Waals surface area (Å²) in [5.41, 5.74) is 1.70. The molecule has 1 fully saturated rings. The molecule has 130 valence electrons. The Labute approximate surface area is 140 Å². The van der Waals surface area contributed by atoms with Gasteiger partial charge in [-0.1, -0.05) is 18.6 Å². The van der Waals surface area contributed by atoms with E-state index in [0.717, 1.165) is 12.1 Å². The van der Waals surface area contributed by atoms with Crippen molar-refractivity contribution in [1.82, 2.24) is 5.32 Å². The Morgan fingerprint density at radius 1 is 1.22 bits per heavy atom. The molecular weight excluding hydrogens is 329 g/mol. The Balaban J connectivity index is 0.00000264. The largest absolute Gasteiger partial charge is 0.391 e. The molecule has 0 bridgehead atoms. The summed E-state index contributed by atoms with van der Waals surface area (Å²) in [5, 5.41) is 5.75. The molecule has 0 aromatic heterocycles. The van der Waals surface area contributed by atoms with Gasteiger partial charge in [-0.05, 0) is 44.0 Å². The van der Waals surface area contributed by atoms with E-state index in [9.17, 15) is 18.0 Å². The SMILES string of the molecule is CNCc1ccc(NC(=O)C2CCCC(C(F)(F)F)C2)cc1.Cl. The molecule has 0 aliphatic heterocycles. The molecule has 1 aromatic carbocycles. The zero-order valence-corrected chi connectivity index (χ0v) is 13.8. The van der Waals surface area contributed by atoms with Crippen molar-refractivity contribution >= 4 is 24.0 Å². The van der Waals surface area contributed by atoms with Gasteiger partial charge in [0.15, 0.2) is 0 Å². The Morgan fingerprint density at radius 2 is 1.87 bits per heavy atom. The van der Waals surface area contributed by atoms with E-state index < -0.39 is 18.0 Å². The maximum atomic E-state index is 12.8. The van der Waals surface area contributed by atoms with Crippen LogP contribution in [0.25, 0.3) is 0 Å². The molecule has 23 heavy (non-hydrogen) atoms. The van der Waals surface area contributed by atoms with E-state index in [1.807, 2.05) is 19.2 Å². The molecule has 7 heteroatoms. The Kier molecular flexibility index (Phi) is 7.35. The second-order valence-corrected chi connectivity index (χ2v) is 5.82. The Bertz CT molecular complexity index is 505. The average molecular weight is 351 g/mol. The van der Waals surface area contributed by atoms with Gasteiger partial charge in [-0.2, -0.15) is 13.2 Å². The normalized spacial score (nSPS) is 21.4. The Morgan fingerprint density at radius 3 is 2.43 bits per heavy atom. The summed E-state index contributed by atoms with van der Waals surface area (Å²) < 4.78 is 38.4. The summed E-state index contributed by atoms with van der Waals surface area (Å²) in [6.07, 6.45) is -3.20. The van der Waals surface area contributed by atoms with E-state index in [4.69, 9.17) is 0 Å². The van der Waals surface area contributed by atoms with Crippen molar-refractivity contribution < 1.29 is 18.0 Å². The van der Waals surface area contributed by atoms with Crippen LogP contribution < -0.4 is 10.6 Å². The van der Waals surface area contributed by atoms with Crippen molar-refractivity contribution in [3.05, 3.63) is 29.8 Å². The molecule has 1 aliphatic carbocycles. The van der Waals surface area contributed by atoms with Crippen LogP contribution in [0.5, 0.6) is 0 Å². The lowest BCUT2D eigenvalue weighted by atomic mass is 9.80. The van der Waals surface area contributed by atoms with Crippen LogP contribution in [0.4, 0.5) is 18.9 Å². The number of amides is 1. The minimum atomic E-state index is -4.20. The highest BCUT2D eigenvalue weighted by atomic mass is 35.5. The van der Waals surface area contributed by atoms with Gasteiger partial charge >= 0.3 is 6.18 Å². The molecule has 2 atom stereocenters. The van der Waals surface area contributed by atoms with Crippen molar-refractivity contribution in [2.45, 2.75) is 38.4 Å². The minimum Gasteiger partial charge on any atom is -0.326 e. The van der Waals surface area contributed by atoms with E-state index in [1.54, 1.807) is 12.1 Å². The van der Waals surface area contributed by atoms with Gasteiger partial charge < -0.3 is 10.6 Å². The number of halogens is 4. The number of nitrogens with one attached hydrogen (secondary N) is 2. The van der Waals surface area contributed by atoms with Gasteiger partial charge in [0.1, 0.15) is 0 Å². The van der Waals surface area contributed by atoms with Gasteiger partial charge in [0, 0.05) is 18.2 Å². The van der Waals surface area contributed by atoms with Gasteiger partial charge in [0.25, 0.3) is 0 Å². The summed E-state index contributed by atoms with van der Waals surface area (Å²) in [5.74, 6) is -2.22. The zero-order chi connectivity index (χ0) is 16.2. The fourth-order valence-corrected chi connectivity index (χ4v) is 2.88. The third-order valence-corrected chi connectivity index (χ3v) is 4.11. The number of alkyl halides is 3. The monoisotopic (exact) mass is 350 g/mol. The number of anilines is 1. The summed E-state index contributed by atoms with van der Waals surface area (Å²) in [6, 6.07) is 7.31. The van der Waals surface area contributed by atoms with Crippen molar-refractivity contribution in [2.24, 2.45) is 11.8 Å². The van der Waals surface area contributed by atoms with E-state index in [0.29, 0.717) is 18.5 Å². The molecule has 2 N–H and O–H groups in total. The van der Waals surface area contributed by atoms with Gasteiger partial charge in [-0.15, -0.1) is 12.4 Å². The number of carbonyl (C=O) groups excluding carboxylic acids is 1. The zero-order valence-electron chi connectivity index (χ0n) is 13.0. The first-order valence-electron chi connectivity index (χ1n) is 7.51. The number of rotatable bonds is 4. The molecule has 2 rings (SSSR count). The van der Waals surface area contributed by atoms with Crippen LogP contribution in [0.1, 0.15) is 31.2 Å². The van der Waals surface area contributed by atoms with Crippen LogP contribution >= 0.6 is 12.4 Å². The average Bonchev–Trinajstić information content (AvgIpc) is 2.49. The molecule has 1 saturated carbocycles. The minimum absolute atomic E-state index is 0. The lowest BCUT2D eigenvalue weighted by Gasteiger charge is -2.29. The van der Waals surface area contributed by atoms with Crippen LogP contribution in [0.2, 0.25) is 0 Å². The van der Waals surface area contributed by atoms with Gasteiger partial charge in [0.2, 0.25) is 5.91 Å². The predicted octanol–water partition coefficient (Wildman–Crippen LogP) is 4.14. The van der Waals surface area contributed by atoms with Crippen molar-refractivity contribution in [3.8, 4) is 0 Å². The van der Waals surface area contributed by atoms with Gasteiger partial charge in [-0.3, -0.25) is 4.79 Å². The third kappa shape index (κ3) is 5.70. The molecule has 1 aromatic rings. The maximum Gasteiger partial charge on any atom is 0.391 e. The highest BCUT2D eigenvalue weighted by Gasteiger charge is 2.43. The van der Waals surface area contributed by atoms with Crippen LogP contribution in [0, 0.1) is 11.8 Å². The molecule has 0 heterocycles. The molecular formula is C16H22ClF3N2O. The molecule has 2 unspecified atom stereocenters. The first-order chi connectivity index (χ1) is 10.4. The van der Waals surface area contributed by atoms with Crippen molar-refractivity contribution in [1.29, 1.82) is 0 Å². The highest BCUT2D eigenvalue weighted by Crippen LogP contribution is 2.40. The van der Waals surface area contributed by atoms with E-state index in [-0.39, 0.29) is 31.2 Å².